The molecule has 0 aliphatic rings. The van der Waals surface area contributed by atoms with Gasteiger partial charge in [-0.05, 0) is 42.6 Å². The number of hydrogen-bond acceptors (Lipinski definition) is 5. The zero-order valence-corrected chi connectivity index (χ0v) is 18.2. The molecule has 0 aliphatic carbocycles. The molecule has 0 aliphatic heterocycles. The molecule has 1 amide bonds. The summed E-state index contributed by atoms with van der Waals surface area (Å²) >= 11 is 7.03. The van der Waals surface area contributed by atoms with Gasteiger partial charge in [0, 0.05) is 18.1 Å². The van der Waals surface area contributed by atoms with E-state index in [1.54, 1.807) is 58.6 Å². The lowest BCUT2D eigenvalue weighted by molar-refractivity contribution is 0.0951. The van der Waals surface area contributed by atoms with Gasteiger partial charge in [-0.3, -0.25) is 9.52 Å². The second-order valence-electron chi connectivity index (χ2n) is 6.61. The van der Waals surface area contributed by atoms with Crippen LogP contribution in [-0.2, 0) is 16.6 Å². The van der Waals surface area contributed by atoms with Crippen LogP contribution in [0.15, 0.2) is 65.1 Å². The molecule has 3 heterocycles. The van der Waals surface area contributed by atoms with E-state index in [-0.39, 0.29) is 16.3 Å². The highest BCUT2D eigenvalue weighted by molar-refractivity contribution is 7.93. The molecule has 10 heteroatoms. The molecule has 0 atom stereocenters. The van der Waals surface area contributed by atoms with Crippen LogP contribution >= 0.6 is 22.9 Å². The SMILES string of the molecule is Cc1ccc(NS(=O)(=O)c2ccsc2C(=O)NCc2cn3cc(Cl)ccc3n2)cc1. The van der Waals surface area contributed by atoms with Gasteiger partial charge in [0.15, 0.2) is 0 Å². The molecule has 1 aromatic carbocycles. The monoisotopic (exact) mass is 460 g/mol. The maximum atomic E-state index is 12.8. The van der Waals surface area contributed by atoms with E-state index in [9.17, 15) is 13.2 Å². The Morgan fingerprint density at radius 2 is 1.90 bits per heavy atom. The van der Waals surface area contributed by atoms with E-state index >= 15 is 0 Å². The van der Waals surface area contributed by atoms with Gasteiger partial charge in [0.2, 0.25) is 0 Å². The van der Waals surface area contributed by atoms with Crippen LogP contribution in [0.4, 0.5) is 5.69 Å². The first-order valence-electron chi connectivity index (χ1n) is 8.90. The smallest absolute Gasteiger partial charge is 0.263 e. The highest BCUT2D eigenvalue weighted by atomic mass is 35.5. The standard InChI is InChI=1S/C20H17ClN4O3S2/c1-13-2-5-15(6-3-13)24-30(27,28)17-8-9-29-19(17)20(26)22-10-16-12-25-11-14(21)4-7-18(25)23-16/h2-9,11-12,24H,10H2,1H3,(H,22,26). The van der Waals surface area contributed by atoms with Crippen LogP contribution in [-0.4, -0.2) is 23.7 Å². The Bertz CT molecular complexity index is 1330. The predicted molar refractivity (Wildman–Crippen MR) is 118 cm³/mol. The summed E-state index contributed by atoms with van der Waals surface area (Å²) in [5, 5.41) is 4.88. The number of halogens is 1. The summed E-state index contributed by atoms with van der Waals surface area (Å²) in [5.41, 5.74) is 2.78. The number of nitrogens with zero attached hydrogens (tertiary/aromatic N) is 2. The average molecular weight is 461 g/mol. The minimum Gasteiger partial charge on any atom is -0.346 e. The lowest BCUT2D eigenvalue weighted by Crippen LogP contribution is -2.24. The van der Waals surface area contributed by atoms with Crippen LogP contribution in [0.5, 0.6) is 0 Å². The van der Waals surface area contributed by atoms with Crippen molar-refractivity contribution in [2.75, 3.05) is 4.72 Å². The van der Waals surface area contributed by atoms with Crippen molar-refractivity contribution in [3.8, 4) is 0 Å². The summed E-state index contributed by atoms with van der Waals surface area (Å²) in [7, 11) is -3.90. The Hall–Kier alpha value is -2.88. The van der Waals surface area contributed by atoms with Gasteiger partial charge in [-0.2, -0.15) is 0 Å². The van der Waals surface area contributed by atoms with Gasteiger partial charge in [-0.25, -0.2) is 13.4 Å². The molecule has 0 saturated carbocycles. The molecular formula is C20H17ClN4O3S2. The van der Waals surface area contributed by atoms with Crippen LogP contribution in [0, 0.1) is 6.92 Å². The molecule has 0 spiro atoms. The molecular weight excluding hydrogens is 444 g/mol. The molecule has 0 unspecified atom stereocenters. The zero-order valence-electron chi connectivity index (χ0n) is 15.8. The number of sulfonamides is 1. The molecule has 30 heavy (non-hydrogen) atoms. The van der Waals surface area contributed by atoms with Gasteiger partial charge in [0.1, 0.15) is 15.4 Å². The van der Waals surface area contributed by atoms with Gasteiger partial charge in [0.25, 0.3) is 15.9 Å². The predicted octanol–water partition coefficient (Wildman–Crippen LogP) is 4.09. The van der Waals surface area contributed by atoms with Crippen molar-refractivity contribution in [1.29, 1.82) is 0 Å². The lowest BCUT2D eigenvalue weighted by Gasteiger charge is -2.09. The van der Waals surface area contributed by atoms with Crippen molar-refractivity contribution >= 4 is 50.2 Å². The molecule has 0 fully saturated rings. The molecule has 154 valence electrons. The Kier molecular flexibility index (Phi) is 5.50. The molecule has 2 N–H and O–H groups in total. The first-order chi connectivity index (χ1) is 14.3. The number of rotatable bonds is 6. The van der Waals surface area contributed by atoms with E-state index in [2.05, 4.69) is 15.0 Å². The Labute approximate surface area is 182 Å². The second-order valence-corrected chi connectivity index (χ2v) is 9.62. The fourth-order valence-corrected chi connectivity index (χ4v) is 5.43. The Morgan fingerprint density at radius 3 is 2.67 bits per heavy atom. The van der Waals surface area contributed by atoms with Crippen LogP contribution in [0.3, 0.4) is 0 Å². The summed E-state index contributed by atoms with van der Waals surface area (Å²) in [5.74, 6) is -0.482. The number of thiophene rings is 1. The number of carbonyl (C=O) groups excluding carboxylic acids is 1. The molecule has 4 rings (SSSR count). The first kappa shape index (κ1) is 20.4. The van der Waals surface area contributed by atoms with E-state index in [0.717, 1.165) is 16.9 Å². The van der Waals surface area contributed by atoms with Crippen molar-refractivity contribution in [2.24, 2.45) is 0 Å². The van der Waals surface area contributed by atoms with E-state index in [1.807, 2.05) is 6.92 Å². The highest BCUT2D eigenvalue weighted by Gasteiger charge is 2.24. The maximum Gasteiger partial charge on any atom is 0.263 e. The quantitative estimate of drug-likeness (QED) is 0.453. The van der Waals surface area contributed by atoms with Gasteiger partial charge in [-0.15, -0.1) is 11.3 Å². The maximum absolute atomic E-state index is 12.8. The molecule has 0 bridgehead atoms. The third-order valence-corrected chi connectivity index (χ3v) is 7.01. The normalized spacial score (nSPS) is 11.5. The van der Waals surface area contributed by atoms with E-state index < -0.39 is 15.9 Å². The van der Waals surface area contributed by atoms with Crippen LogP contribution < -0.4 is 10.0 Å². The minimum atomic E-state index is -3.90. The van der Waals surface area contributed by atoms with Crippen molar-refractivity contribution < 1.29 is 13.2 Å². The topological polar surface area (TPSA) is 92.6 Å². The van der Waals surface area contributed by atoms with Crippen molar-refractivity contribution in [1.82, 2.24) is 14.7 Å². The van der Waals surface area contributed by atoms with Gasteiger partial charge >= 0.3 is 0 Å². The number of pyridine rings is 1. The molecule has 4 aromatic rings. The molecule has 0 radical (unpaired) electrons. The van der Waals surface area contributed by atoms with Gasteiger partial charge in [0.05, 0.1) is 17.3 Å². The number of imidazole rings is 1. The number of anilines is 1. The Balaban J connectivity index is 1.49. The van der Waals surface area contributed by atoms with Crippen LogP contribution in [0.25, 0.3) is 5.65 Å². The summed E-state index contributed by atoms with van der Waals surface area (Å²) in [6.07, 6.45) is 3.47. The number of nitrogens with one attached hydrogen (secondary N) is 2. The fraction of sp³-hybridized carbons (Fsp3) is 0.100. The number of benzene rings is 1. The first-order valence-corrected chi connectivity index (χ1v) is 11.6. The van der Waals surface area contributed by atoms with Gasteiger partial charge in [-0.1, -0.05) is 29.3 Å². The summed E-state index contributed by atoms with van der Waals surface area (Å²) < 4.78 is 29.8. The van der Waals surface area contributed by atoms with E-state index in [1.165, 1.54) is 6.07 Å². The van der Waals surface area contributed by atoms with Gasteiger partial charge < -0.3 is 9.72 Å². The summed E-state index contributed by atoms with van der Waals surface area (Å²) in [6.45, 7) is 2.07. The van der Waals surface area contributed by atoms with Crippen LogP contribution in [0.1, 0.15) is 20.9 Å². The van der Waals surface area contributed by atoms with Crippen molar-refractivity contribution in [3.63, 3.8) is 0 Å². The number of fused-ring (bicyclic) bond motifs is 1. The summed E-state index contributed by atoms with van der Waals surface area (Å²) in [6, 6.07) is 11.9. The third kappa shape index (κ3) is 4.33. The summed E-state index contributed by atoms with van der Waals surface area (Å²) in [4.78, 5) is 17.1. The van der Waals surface area contributed by atoms with Crippen molar-refractivity contribution in [3.05, 3.63) is 81.4 Å². The lowest BCUT2D eigenvalue weighted by atomic mass is 10.2. The number of amides is 1. The number of aryl methyl sites for hydroxylation is 1. The largest absolute Gasteiger partial charge is 0.346 e. The zero-order chi connectivity index (χ0) is 21.3. The number of carbonyl (C=O) groups is 1. The minimum absolute atomic E-state index is 0.0626. The fourth-order valence-electron chi connectivity index (χ4n) is 2.86. The van der Waals surface area contributed by atoms with E-state index in [4.69, 9.17) is 11.6 Å². The van der Waals surface area contributed by atoms with Crippen LogP contribution in [0.2, 0.25) is 5.02 Å². The number of aromatic nitrogens is 2. The Morgan fingerprint density at radius 1 is 1.13 bits per heavy atom. The highest BCUT2D eigenvalue weighted by Crippen LogP contribution is 2.25. The molecule has 7 nitrogen and oxygen atoms in total. The second kappa shape index (κ2) is 8.10. The number of hydrogen-bond donors (Lipinski definition) is 2. The van der Waals surface area contributed by atoms with E-state index in [0.29, 0.717) is 22.1 Å². The third-order valence-electron chi connectivity index (χ3n) is 4.32. The molecule has 0 saturated heterocycles. The molecule has 3 aromatic heterocycles. The van der Waals surface area contributed by atoms with Crippen molar-refractivity contribution in [2.45, 2.75) is 18.4 Å². The average Bonchev–Trinajstić information content (AvgIpc) is 3.34.